The maximum Gasteiger partial charge on any atom is 0.293 e. The van der Waals surface area contributed by atoms with Gasteiger partial charge >= 0.3 is 0 Å². The van der Waals surface area contributed by atoms with E-state index >= 15 is 0 Å². The van der Waals surface area contributed by atoms with Crippen LogP contribution in [0.5, 0.6) is 0 Å². The molecule has 2 aromatic rings. The zero-order valence-corrected chi connectivity index (χ0v) is 15.4. The van der Waals surface area contributed by atoms with E-state index in [9.17, 15) is 19.7 Å². The first-order chi connectivity index (χ1) is 14.0. The Balaban J connectivity index is 1.65. The van der Waals surface area contributed by atoms with Gasteiger partial charge in [-0.1, -0.05) is 24.3 Å². The second-order valence-corrected chi connectivity index (χ2v) is 6.58. The molecule has 2 aromatic carbocycles. The van der Waals surface area contributed by atoms with Crippen molar-refractivity contribution in [2.45, 2.75) is 0 Å². The lowest BCUT2D eigenvalue weighted by molar-refractivity contribution is -0.384. The Morgan fingerprint density at radius 2 is 1.79 bits per heavy atom. The van der Waals surface area contributed by atoms with E-state index in [4.69, 9.17) is 4.74 Å². The summed E-state index contributed by atoms with van der Waals surface area (Å²) in [7, 11) is 0. The topological polar surface area (TPSA) is 105 Å². The van der Waals surface area contributed by atoms with Gasteiger partial charge in [0.05, 0.1) is 23.8 Å². The highest BCUT2D eigenvalue weighted by Crippen LogP contribution is 2.31. The molecule has 0 bridgehead atoms. The molecule has 4 rings (SSSR count). The molecular formula is C20H18N4O5. The number of carbonyl (C=O) groups is 2. The Kier molecular flexibility index (Phi) is 4.96. The van der Waals surface area contributed by atoms with E-state index in [0.717, 1.165) is 5.01 Å². The van der Waals surface area contributed by atoms with Crippen LogP contribution in [0.2, 0.25) is 0 Å². The van der Waals surface area contributed by atoms with Gasteiger partial charge in [-0.15, -0.1) is 0 Å². The van der Waals surface area contributed by atoms with Gasteiger partial charge < -0.3 is 9.64 Å². The van der Waals surface area contributed by atoms with Gasteiger partial charge in [-0.2, -0.15) is 0 Å². The summed E-state index contributed by atoms with van der Waals surface area (Å²) in [5, 5.41) is 12.7. The van der Waals surface area contributed by atoms with Crippen LogP contribution < -0.4 is 15.3 Å². The molecular weight excluding hydrogens is 376 g/mol. The highest BCUT2D eigenvalue weighted by Gasteiger charge is 2.34. The minimum atomic E-state index is -0.557. The van der Waals surface area contributed by atoms with Crippen molar-refractivity contribution in [1.82, 2.24) is 5.43 Å². The van der Waals surface area contributed by atoms with Crippen LogP contribution in [0.25, 0.3) is 6.08 Å². The molecule has 0 spiro atoms. The molecule has 29 heavy (non-hydrogen) atoms. The Morgan fingerprint density at radius 1 is 1.07 bits per heavy atom. The van der Waals surface area contributed by atoms with E-state index in [1.807, 2.05) is 4.90 Å². The lowest BCUT2D eigenvalue weighted by Gasteiger charge is -2.28. The quantitative estimate of drug-likeness (QED) is 0.368. The lowest BCUT2D eigenvalue weighted by Crippen LogP contribution is -2.36. The first-order valence-corrected chi connectivity index (χ1v) is 9.08. The van der Waals surface area contributed by atoms with Gasteiger partial charge in [0.2, 0.25) is 0 Å². The summed E-state index contributed by atoms with van der Waals surface area (Å²) in [6, 6.07) is 13.4. The fraction of sp³-hybridized carbons (Fsp3) is 0.200. The third kappa shape index (κ3) is 3.67. The monoisotopic (exact) mass is 394 g/mol. The Morgan fingerprint density at radius 3 is 2.48 bits per heavy atom. The van der Waals surface area contributed by atoms with E-state index < -0.39 is 16.7 Å². The van der Waals surface area contributed by atoms with Gasteiger partial charge in [0, 0.05) is 19.2 Å². The number of benzene rings is 2. The average molecular weight is 394 g/mol. The second-order valence-electron chi connectivity index (χ2n) is 6.58. The molecule has 2 aliphatic heterocycles. The van der Waals surface area contributed by atoms with Crippen LogP contribution in [0, 0.1) is 10.1 Å². The summed E-state index contributed by atoms with van der Waals surface area (Å²) in [5.74, 6) is -1.07. The minimum Gasteiger partial charge on any atom is -0.378 e. The summed E-state index contributed by atoms with van der Waals surface area (Å²) < 4.78 is 5.30. The van der Waals surface area contributed by atoms with Crippen LogP contribution >= 0.6 is 0 Å². The van der Waals surface area contributed by atoms with Gasteiger partial charge in [0.1, 0.15) is 11.3 Å². The van der Waals surface area contributed by atoms with E-state index in [1.54, 1.807) is 42.5 Å². The maximum atomic E-state index is 12.7. The van der Waals surface area contributed by atoms with Crippen LogP contribution in [0.3, 0.4) is 0 Å². The molecule has 0 unspecified atom stereocenters. The summed E-state index contributed by atoms with van der Waals surface area (Å²) >= 11 is 0. The number of para-hydroxylation sites is 1. The minimum absolute atomic E-state index is 0.0768. The first kappa shape index (κ1) is 18.6. The van der Waals surface area contributed by atoms with Gasteiger partial charge in [0.25, 0.3) is 17.5 Å². The number of hydrogen-bond donors (Lipinski definition) is 1. The largest absolute Gasteiger partial charge is 0.378 e. The molecule has 9 heteroatoms. The molecule has 2 fully saturated rings. The summed E-state index contributed by atoms with van der Waals surface area (Å²) in [6.45, 7) is 2.14. The van der Waals surface area contributed by atoms with Crippen LogP contribution in [-0.2, 0) is 14.3 Å². The number of nitro groups is 1. The van der Waals surface area contributed by atoms with Crippen molar-refractivity contribution in [1.29, 1.82) is 0 Å². The molecule has 0 atom stereocenters. The molecule has 148 valence electrons. The van der Waals surface area contributed by atoms with E-state index in [2.05, 4.69) is 5.43 Å². The summed E-state index contributed by atoms with van der Waals surface area (Å²) in [5.41, 5.74) is 3.78. The number of nitrogens with one attached hydrogen (secondary N) is 1. The first-order valence-electron chi connectivity index (χ1n) is 9.08. The molecule has 0 aliphatic carbocycles. The van der Waals surface area contributed by atoms with Gasteiger partial charge in [-0.3, -0.25) is 25.1 Å². The Hall–Kier alpha value is -3.72. The van der Waals surface area contributed by atoms with Crippen molar-refractivity contribution in [3.05, 3.63) is 69.8 Å². The maximum absolute atomic E-state index is 12.7. The Bertz CT molecular complexity index is 999. The fourth-order valence-electron chi connectivity index (χ4n) is 3.33. The number of hydrogen-bond acceptors (Lipinski definition) is 6. The van der Waals surface area contributed by atoms with Crippen molar-refractivity contribution in [2.75, 3.05) is 36.2 Å². The van der Waals surface area contributed by atoms with Crippen molar-refractivity contribution in [3.8, 4) is 0 Å². The molecule has 9 nitrogen and oxygen atoms in total. The number of nitrogens with zero attached hydrogens (tertiary/aromatic N) is 3. The molecule has 1 N–H and O–H groups in total. The fourth-order valence-corrected chi connectivity index (χ4v) is 3.33. The standard InChI is InChI=1S/C20H18N4O5/c25-19-16(20(26)23(21-19)15-4-2-1-3-5-15)12-14-6-7-17(18(13-14)24(27)28)22-8-10-29-11-9-22/h1-7,12-13H,8-11H2,(H,21,25)/b16-12+. The highest BCUT2D eigenvalue weighted by molar-refractivity contribution is 6.31. The van der Waals surface area contributed by atoms with Gasteiger partial charge in [-0.05, 0) is 29.8 Å². The van der Waals surface area contributed by atoms with E-state index in [1.165, 1.54) is 12.1 Å². The number of ether oxygens (including phenoxy) is 1. The molecule has 2 heterocycles. The smallest absolute Gasteiger partial charge is 0.293 e. The number of rotatable bonds is 4. The van der Waals surface area contributed by atoms with Gasteiger partial charge in [-0.25, -0.2) is 5.01 Å². The predicted octanol–water partition coefficient (Wildman–Crippen LogP) is 1.89. The predicted molar refractivity (Wildman–Crippen MR) is 106 cm³/mol. The number of hydrazine groups is 1. The SMILES string of the molecule is O=C1NN(c2ccccc2)C(=O)/C1=C/c1ccc(N2CCOCC2)c([N+](=O)[O-])c1. The van der Waals surface area contributed by atoms with E-state index in [0.29, 0.717) is 43.2 Å². The van der Waals surface area contributed by atoms with Crippen LogP contribution in [-0.4, -0.2) is 43.0 Å². The number of anilines is 2. The lowest BCUT2D eigenvalue weighted by atomic mass is 10.1. The number of morpholine rings is 1. The van der Waals surface area contributed by atoms with Crippen LogP contribution in [0.1, 0.15) is 5.56 Å². The third-order valence-corrected chi connectivity index (χ3v) is 4.76. The van der Waals surface area contributed by atoms with Crippen molar-refractivity contribution < 1.29 is 19.2 Å². The molecule has 2 saturated heterocycles. The molecule has 2 amide bonds. The average Bonchev–Trinajstić information content (AvgIpc) is 3.03. The van der Waals surface area contributed by atoms with Crippen LogP contribution in [0.15, 0.2) is 54.1 Å². The zero-order chi connectivity index (χ0) is 20.4. The Labute approximate surface area is 166 Å². The third-order valence-electron chi connectivity index (χ3n) is 4.76. The normalized spacial score (nSPS) is 18.3. The highest BCUT2D eigenvalue weighted by atomic mass is 16.6. The molecule has 0 aromatic heterocycles. The molecule has 0 radical (unpaired) electrons. The second kappa shape index (κ2) is 7.72. The molecule has 0 saturated carbocycles. The number of carbonyl (C=O) groups excluding carboxylic acids is 2. The van der Waals surface area contributed by atoms with E-state index in [-0.39, 0.29) is 11.3 Å². The van der Waals surface area contributed by atoms with Crippen LogP contribution in [0.4, 0.5) is 17.1 Å². The molecule has 2 aliphatic rings. The number of nitro benzene ring substituents is 1. The van der Waals surface area contributed by atoms with Crippen molar-refractivity contribution in [3.63, 3.8) is 0 Å². The summed E-state index contributed by atoms with van der Waals surface area (Å²) in [6.07, 6.45) is 1.37. The summed E-state index contributed by atoms with van der Waals surface area (Å²) in [4.78, 5) is 38.0. The van der Waals surface area contributed by atoms with Crippen molar-refractivity contribution in [2.24, 2.45) is 0 Å². The van der Waals surface area contributed by atoms with Gasteiger partial charge in [0.15, 0.2) is 0 Å². The zero-order valence-electron chi connectivity index (χ0n) is 15.4. The van der Waals surface area contributed by atoms with Crippen molar-refractivity contribution >= 4 is 35.0 Å². The number of amides is 2.